The van der Waals surface area contributed by atoms with Gasteiger partial charge in [-0.25, -0.2) is 4.79 Å². The number of urea groups is 1. The van der Waals surface area contributed by atoms with E-state index in [0.717, 1.165) is 35.3 Å². The number of nitrogens with one attached hydrogen (secondary N) is 1. The van der Waals surface area contributed by atoms with Crippen LogP contribution in [-0.2, 0) is 22.7 Å². The predicted octanol–water partition coefficient (Wildman–Crippen LogP) is 3.72. The number of rotatable bonds is 6. The maximum Gasteiger partial charge on any atom is 0.325 e. The Morgan fingerprint density at radius 1 is 1.00 bits per heavy atom. The summed E-state index contributed by atoms with van der Waals surface area (Å²) in [6.45, 7) is 2.61. The lowest BCUT2D eigenvalue weighted by Gasteiger charge is -2.36. The van der Waals surface area contributed by atoms with Gasteiger partial charge >= 0.3 is 6.03 Å². The van der Waals surface area contributed by atoms with E-state index in [2.05, 4.69) is 5.32 Å². The summed E-state index contributed by atoms with van der Waals surface area (Å²) in [7, 11) is 0. The highest BCUT2D eigenvalue weighted by Crippen LogP contribution is 2.38. The van der Waals surface area contributed by atoms with Crippen LogP contribution in [0.5, 0.6) is 0 Å². The second-order valence-electron chi connectivity index (χ2n) is 8.66. The van der Waals surface area contributed by atoms with E-state index in [9.17, 15) is 14.4 Å². The fourth-order valence-corrected chi connectivity index (χ4v) is 4.71. The summed E-state index contributed by atoms with van der Waals surface area (Å²) in [5.41, 5.74) is 1.15. The van der Waals surface area contributed by atoms with E-state index in [1.165, 1.54) is 0 Å². The molecule has 1 aliphatic carbocycles. The molecule has 6 heteroatoms. The first-order valence-electron chi connectivity index (χ1n) is 11.0. The molecule has 2 atom stereocenters. The zero-order valence-electron chi connectivity index (χ0n) is 17.9. The molecule has 1 N–H and O–H groups in total. The summed E-state index contributed by atoms with van der Waals surface area (Å²) >= 11 is 0. The Morgan fingerprint density at radius 2 is 1.58 bits per heavy atom. The number of benzene rings is 2. The lowest BCUT2D eigenvalue weighted by atomic mass is 9.73. The van der Waals surface area contributed by atoms with E-state index in [1.54, 1.807) is 4.90 Å². The minimum atomic E-state index is -0.848. The van der Waals surface area contributed by atoms with Crippen molar-refractivity contribution in [3.05, 3.63) is 71.8 Å². The number of imide groups is 1. The van der Waals surface area contributed by atoms with E-state index in [1.807, 2.05) is 67.6 Å². The molecule has 31 heavy (non-hydrogen) atoms. The lowest BCUT2D eigenvalue weighted by molar-refractivity contribution is -0.141. The predicted molar refractivity (Wildman–Crippen MR) is 118 cm³/mol. The van der Waals surface area contributed by atoms with Gasteiger partial charge in [-0.2, -0.15) is 0 Å². The van der Waals surface area contributed by atoms with Gasteiger partial charge in [0.25, 0.3) is 5.91 Å². The molecule has 4 rings (SSSR count). The minimum Gasteiger partial charge on any atom is -0.332 e. The van der Waals surface area contributed by atoms with E-state index in [0.29, 0.717) is 19.5 Å². The minimum absolute atomic E-state index is 0.0718. The van der Waals surface area contributed by atoms with Crippen molar-refractivity contribution in [3.63, 3.8) is 0 Å². The molecule has 2 fully saturated rings. The number of carbonyl (C=O) groups is 3. The fraction of sp³-hybridized carbons (Fsp3) is 0.400. The van der Waals surface area contributed by atoms with Crippen LogP contribution in [0.4, 0.5) is 4.79 Å². The number of carbonyl (C=O) groups excluding carboxylic acids is 3. The zero-order valence-corrected chi connectivity index (χ0v) is 17.9. The quantitative estimate of drug-likeness (QED) is 0.726. The third kappa shape index (κ3) is 4.33. The molecule has 6 nitrogen and oxygen atoms in total. The first-order valence-corrected chi connectivity index (χ1v) is 11.0. The van der Waals surface area contributed by atoms with Crippen molar-refractivity contribution in [2.24, 2.45) is 5.92 Å². The summed E-state index contributed by atoms with van der Waals surface area (Å²) in [4.78, 5) is 42.1. The molecule has 0 bridgehead atoms. The van der Waals surface area contributed by atoms with Gasteiger partial charge in [-0.15, -0.1) is 0 Å². The van der Waals surface area contributed by atoms with Crippen LogP contribution in [0.25, 0.3) is 0 Å². The maximum absolute atomic E-state index is 13.3. The molecule has 2 aromatic rings. The van der Waals surface area contributed by atoms with Gasteiger partial charge < -0.3 is 10.2 Å². The summed E-state index contributed by atoms with van der Waals surface area (Å²) < 4.78 is 0. The molecule has 1 aliphatic heterocycles. The van der Waals surface area contributed by atoms with E-state index in [4.69, 9.17) is 0 Å². The van der Waals surface area contributed by atoms with Crippen molar-refractivity contribution in [1.29, 1.82) is 0 Å². The summed E-state index contributed by atoms with van der Waals surface area (Å²) in [5, 5.41) is 2.93. The van der Waals surface area contributed by atoms with Crippen LogP contribution in [0.2, 0.25) is 0 Å². The lowest BCUT2D eigenvalue weighted by Crippen LogP contribution is -2.54. The molecule has 0 unspecified atom stereocenters. The van der Waals surface area contributed by atoms with Gasteiger partial charge in [0.05, 0.1) is 0 Å². The van der Waals surface area contributed by atoms with Gasteiger partial charge in [0.2, 0.25) is 5.91 Å². The van der Waals surface area contributed by atoms with Gasteiger partial charge in [-0.05, 0) is 29.9 Å². The Bertz CT molecular complexity index is 905. The van der Waals surface area contributed by atoms with Crippen LogP contribution in [0, 0.1) is 5.92 Å². The first kappa shape index (κ1) is 21.1. The average Bonchev–Trinajstić information content (AvgIpc) is 3.01. The van der Waals surface area contributed by atoms with E-state index < -0.39 is 11.6 Å². The number of hydrogen-bond acceptors (Lipinski definition) is 3. The summed E-state index contributed by atoms with van der Waals surface area (Å²) in [6, 6.07) is 19.0. The molecule has 0 aromatic heterocycles. The molecule has 1 spiro atoms. The van der Waals surface area contributed by atoms with Crippen LogP contribution in [0.15, 0.2) is 60.7 Å². The van der Waals surface area contributed by atoms with Gasteiger partial charge in [-0.1, -0.05) is 80.4 Å². The summed E-state index contributed by atoms with van der Waals surface area (Å²) in [5.74, 6) is -0.420. The summed E-state index contributed by atoms with van der Waals surface area (Å²) in [6.07, 6.45) is 3.52. The first-order chi connectivity index (χ1) is 15.0. The highest BCUT2D eigenvalue weighted by atomic mass is 16.2. The van der Waals surface area contributed by atoms with Crippen molar-refractivity contribution >= 4 is 17.8 Å². The van der Waals surface area contributed by atoms with Crippen LogP contribution in [-0.4, -0.2) is 39.7 Å². The molecule has 2 aromatic carbocycles. The molecule has 0 radical (unpaired) electrons. The number of nitrogens with zero attached hydrogens (tertiary/aromatic N) is 2. The molecule has 162 valence electrons. The maximum atomic E-state index is 13.3. The van der Waals surface area contributed by atoms with Crippen LogP contribution in [0.3, 0.4) is 0 Å². The standard InChI is InChI=1S/C25H29N3O3/c1-19-10-8-9-15-25(19)23(30)28(24(31)26-25)18-22(29)27(16-20-11-4-2-5-12-20)17-21-13-6-3-7-14-21/h2-7,11-14,19H,8-10,15-18H2,1H3,(H,26,31)/t19-,25-/m1/s1. The van der Waals surface area contributed by atoms with E-state index >= 15 is 0 Å². The highest BCUT2D eigenvalue weighted by molar-refractivity contribution is 6.09. The average molecular weight is 420 g/mol. The van der Waals surface area contributed by atoms with Gasteiger partial charge in [0.15, 0.2) is 0 Å². The SMILES string of the molecule is C[C@@H]1CCCC[C@@]12NC(=O)N(CC(=O)N(Cc1ccccc1)Cc1ccccc1)C2=O. The van der Waals surface area contributed by atoms with Crippen LogP contribution < -0.4 is 5.32 Å². The Morgan fingerprint density at radius 3 is 2.13 bits per heavy atom. The van der Waals surface area contributed by atoms with E-state index in [-0.39, 0.29) is 24.3 Å². The molecule has 2 aliphatic rings. The van der Waals surface area contributed by atoms with Gasteiger partial charge in [-0.3, -0.25) is 14.5 Å². The molecular weight excluding hydrogens is 390 g/mol. The highest BCUT2D eigenvalue weighted by Gasteiger charge is 2.55. The van der Waals surface area contributed by atoms with Crippen molar-refractivity contribution in [2.75, 3.05) is 6.54 Å². The van der Waals surface area contributed by atoms with Crippen molar-refractivity contribution < 1.29 is 14.4 Å². The second-order valence-corrected chi connectivity index (χ2v) is 8.66. The zero-order chi connectivity index (χ0) is 21.8. The van der Waals surface area contributed by atoms with Crippen molar-refractivity contribution in [3.8, 4) is 0 Å². The molecular formula is C25H29N3O3. The molecule has 4 amide bonds. The smallest absolute Gasteiger partial charge is 0.325 e. The second kappa shape index (κ2) is 8.92. The van der Waals surface area contributed by atoms with Crippen molar-refractivity contribution in [1.82, 2.24) is 15.1 Å². The van der Waals surface area contributed by atoms with Crippen molar-refractivity contribution in [2.45, 2.75) is 51.2 Å². The molecule has 1 saturated heterocycles. The van der Waals surface area contributed by atoms with Crippen LogP contribution in [0.1, 0.15) is 43.7 Å². The third-order valence-corrected chi connectivity index (χ3v) is 6.58. The van der Waals surface area contributed by atoms with Crippen LogP contribution >= 0.6 is 0 Å². The monoisotopic (exact) mass is 419 g/mol. The largest absolute Gasteiger partial charge is 0.332 e. The van der Waals surface area contributed by atoms with Gasteiger partial charge in [0, 0.05) is 13.1 Å². The Labute approximate surface area is 183 Å². The normalized spacial score (nSPS) is 23.1. The fourth-order valence-electron chi connectivity index (χ4n) is 4.71. The van der Waals surface area contributed by atoms with Gasteiger partial charge in [0.1, 0.15) is 12.1 Å². The topological polar surface area (TPSA) is 69.7 Å². The Balaban J connectivity index is 1.52. The molecule has 1 saturated carbocycles. The number of amides is 4. The number of hydrogen-bond donors (Lipinski definition) is 1. The Hall–Kier alpha value is -3.15. The Kier molecular flexibility index (Phi) is 6.07. The third-order valence-electron chi connectivity index (χ3n) is 6.58. The molecule has 1 heterocycles.